The fourth-order valence-corrected chi connectivity index (χ4v) is 2.71. The third-order valence-corrected chi connectivity index (χ3v) is 4.01. The third kappa shape index (κ3) is 4.28. The van der Waals surface area contributed by atoms with E-state index in [1.807, 2.05) is 0 Å². The molecule has 2 rings (SSSR count). The predicted molar refractivity (Wildman–Crippen MR) is 87.1 cm³/mol. The number of hydrogen-bond acceptors (Lipinski definition) is 6. The standard InChI is InChI=1S/C15H18N4O6/c1-2-14(20)16-4-3-5-17(7-6-16)15(21)11-8-12(18(22)23)10-13(9-11)19(24)25/h8-10H,2-7H2,1H3. The van der Waals surface area contributed by atoms with Gasteiger partial charge >= 0.3 is 0 Å². The van der Waals surface area contributed by atoms with Crippen LogP contribution in [0.3, 0.4) is 0 Å². The number of carbonyl (C=O) groups is 2. The van der Waals surface area contributed by atoms with Gasteiger partial charge in [-0.2, -0.15) is 0 Å². The van der Waals surface area contributed by atoms with Crippen molar-refractivity contribution in [3.05, 3.63) is 44.0 Å². The van der Waals surface area contributed by atoms with Crippen LogP contribution in [0.15, 0.2) is 18.2 Å². The molecule has 2 amide bonds. The highest BCUT2D eigenvalue weighted by Gasteiger charge is 2.25. The number of nitro benzene ring substituents is 2. The minimum Gasteiger partial charge on any atom is -0.341 e. The molecule has 0 aliphatic carbocycles. The van der Waals surface area contributed by atoms with Gasteiger partial charge in [-0.1, -0.05) is 6.92 Å². The number of nitro groups is 2. The number of rotatable bonds is 4. The van der Waals surface area contributed by atoms with Crippen molar-refractivity contribution in [3.63, 3.8) is 0 Å². The van der Waals surface area contributed by atoms with E-state index in [2.05, 4.69) is 0 Å². The molecule has 0 spiro atoms. The van der Waals surface area contributed by atoms with E-state index in [1.54, 1.807) is 11.8 Å². The molecule has 0 bridgehead atoms. The van der Waals surface area contributed by atoms with Crippen LogP contribution < -0.4 is 0 Å². The van der Waals surface area contributed by atoms with Crippen molar-refractivity contribution in [1.82, 2.24) is 9.80 Å². The zero-order chi connectivity index (χ0) is 18.6. The van der Waals surface area contributed by atoms with E-state index in [9.17, 15) is 29.8 Å². The molecule has 25 heavy (non-hydrogen) atoms. The van der Waals surface area contributed by atoms with Crippen molar-refractivity contribution in [2.75, 3.05) is 26.2 Å². The summed E-state index contributed by atoms with van der Waals surface area (Å²) >= 11 is 0. The van der Waals surface area contributed by atoms with Crippen LogP contribution in [-0.2, 0) is 4.79 Å². The second-order valence-electron chi connectivity index (χ2n) is 5.63. The number of benzene rings is 1. The summed E-state index contributed by atoms with van der Waals surface area (Å²) in [7, 11) is 0. The van der Waals surface area contributed by atoms with Gasteiger partial charge in [0.2, 0.25) is 5.91 Å². The number of amides is 2. The second kappa shape index (κ2) is 7.69. The van der Waals surface area contributed by atoms with Crippen LogP contribution in [0.25, 0.3) is 0 Å². The molecule has 0 atom stereocenters. The SMILES string of the molecule is CCC(=O)N1CCCN(C(=O)c2cc([N+](=O)[O-])cc([N+](=O)[O-])c2)CC1. The lowest BCUT2D eigenvalue weighted by Gasteiger charge is -2.22. The maximum absolute atomic E-state index is 12.6. The first-order chi connectivity index (χ1) is 11.8. The van der Waals surface area contributed by atoms with Crippen molar-refractivity contribution in [2.24, 2.45) is 0 Å². The third-order valence-electron chi connectivity index (χ3n) is 4.01. The van der Waals surface area contributed by atoms with Gasteiger partial charge in [0.05, 0.1) is 21.5 Å². The van der Waals surface area contributed by atoms with Gasteiger partial charge in [0, 0.05) is 44.7 Å². The van der Waals surface area contributed by atoms with Crippen molar-refractivity contribution in [2.45, 2.75) is 19.8 Å². The Kier molecular flexibility index (Phi) is 5.63. The molecule has 0 aromatic heterocycles. The monoisotopic (exact) mass is 350 g/mol. The summed E-state index contributed by atoms with van der Waals surface area (Å²) in [6.45, 7) is 3.32. The quantitative estimate of drug-likeness (QED) is 0.599. The summed E-state index contributed by atoms with van der Waals surface area (Å²) in [6, 6.07) is 2.89. The van der Waals surface area contributed by atoms with Crippen LogP contribution in [0.5, 0.6) is 0 Å². The number of hydrogen-bond donors (Lipinski definition) is 0. The Labute approximate surface area is 143 Å². The zero-order valence-electron chi connectivity index (χ0n) is 13.7. The minimum atomic E-state index is -0.770. The van der Waals surface area contributed by atoms with Crippen LogP contribution >= 0.6 is 0 Å². The molecular formula is C15H18N4O6. The normalized spacial score (nSPS) is 14.8. The first-order valence-electron chi connectivity index (χ1n) is 7.84. The number of carbonyl (C=O) groups excluding carboxylic acids is 2. The molecule has 0 radical (unpaired) electrons. The van der Waals surface area contributed by atoms with Crippen molar-refractivity contribution in [1.29, 1.82) is 0 Å². The molecule has 1 heterocycles. The Hall–Kier alpha value is -3.04. The van der Waals surface area contributed by atoms with Crippen molar-refractivity contribution < 1.29 is 19.4 Å². The van der Waals surface area contributed by atoms with Gasteiger partial charge in [-0.25, -0.2) is 0 Å². The average Bonchev–Trinajstić information content (AvgIpc) is 2.86. The van der Waals surface area contributed by atoms with E-state index in [0.717, 1.165) is 18.2 Å². The Balaban J connectivity index is 2.23. The fraction of sp³-hybridized carbons (Fsp3) is 0.467. The molecule has 0 unspecified atom stereocenters. The first-order valence-corrected chi connectivity index (χ1v) is 7.84. The zero-order valence-corrected chi connectivity index (χ0v) is 13.7. The van der Waals surface area contributed by atoms with Gasteiger partial charge in [0.25, 0.3) is 17.3 Å². The van der Waals surface area contributed by atoms with E-state index < -0.39 is 27.1 Å². The smallest absolute Gasteiger partial charge is 0.277 e. The lowest BCUT2D eigenvalue weighted by atomic mass is 10.1. The Morgan fingerprint density at radius 3 is 2.00 bits per heavy atom. The lowest BCUT2D eigenvalue weighted by molar-refractivity contribution is -0.394. The summed E-state index contributed by atoms with van der Waals surface area (Å²) < 4.78 is 0. The maximum Gasteiger partial charge on any atom is 0.277 e. The summed E-state index contributed by atoms with van der Waals surface area (Å²) in [4.78, 5) is 47.9. The fourth-order valence-electron chi connectivity index (χ4n) is 2.71. The van der Waals surface area contributed by atoms with E-state index in [1.165, 1.54) is 4.90 Å². The predicted octanol–water partition coefficient (Wildman–Crippen LogP) is 1.59. The summed E-state index contributed by atoms with van der Waals surface area (Å²) in [5, 5.41) is 21.9. The first kappa shape index (κ1) is 18.3. The molecule has 0 N–H and O–H groups in total. The van der Waals surface area contributed by atoms with Crippen LogP contribution in [0.4, 0.5) is 11.4 Å². The summed E-state index contributed by atoms with van der Waals surface area (Å²) in [5.41, 5.74) is -1.11. The molecule has 10 nitrogen and oxygen atoms in total. The Morgan fingerprint density at radius 1 is 0.960 bits per heavy atom. The Bertz CT molecular complexity index is 688. The maximum atomic E-state index is 12.6. The molecule has 10 heteroatoms. The molecule has 1 saturated heterocycles. The molecule has 1 fully saturated rings. The molecule has 1 aliphatic rings. The highest BCUT2D eigenvalue weighted by atomic mass is 16.6. The van der Waals surface area contributed by atoms with Gasteiger partial charge in [0.15, 0.2) is 0 Å². The highest BCUT2D eigenvalue weighted by Crippen LogP contribution is 2.24. The van der Waals surface area contributed by atoms with E-state index in [0.29, 0.717) is 32.5 Å². The molecular weight excluding hydrogens is 332 g/mol. The molecule has 1 aromatic rings. The van der Waals surface area contributed by atoms with Gasteiger partial charge in [0.1, 0.15) is 0 Å². The molecule has 0 saturated carbocycles. The number of nitrogens with zero attached hydrogens (tertiary/aromatic N) is 4. The topological polar surface area (TPSA) is 127 Å². The molecule has 1 aromatic carbocycles. The average molecular weight is 350 g/mol. The highest BCUT2D eigenvalue weighted by molar-refractivity contribution is 5.95. The van der Waals surface area contributed by atoms with Crippen LogP contribution in [0.1, 0.15) is 30.1 Å². The Morgan fingerprint density at radius 2 is 1.48 bits per heavy atom. The second-order valence-corrected chi connectivity index (χ2v) is 5.63. The van der Waals surface area contributed by atoms with Gasteiger partial charge in [-0.05, 0) is 6.42 Å². The minimum absolute atomic E-state index is 0.000265. The van der Waals surface area contributed by atoms with Crippen molar-refractivity contribution in [3.8, 4) is 0 Å². The van der Waals surface area contributed by atoms with E-state index in [4.69, 9.17) is 0 Å². The number of non-ortho nitro benzene ring substituents is 2. The van der Waals surface area contributed by atoms with Crippen molar-refractivity contribution >= 4 is 23.2 Å². The molecule has 134 valence electrons. The van der Waals surface area contributed by atoms with Crippen LogP contribution in [0, 0.1) is 20.2 Å². The summed E-state index contributed by atoms with van der Waals surface area (Å²) in [5.74, 6) is -0.516. The van der Waals surface area contributed by atoms with Gasteiger partial charge in [-0.15, -0.1) is 0 Å². The van der Waals surface area contributed by atoms with Gasteiger partial charge in [-0.3, -0.25) is 29.8 Å². The summed E-state index contributed by atoms with van der Waals surface area (Å²) in [6.07, 6.45) is 0.958. The molecule has 1 aliphatic heterocycles. The van der Waals surface area contributed by atoms with Crippen LogP contribution in [0.2, 0.25) is 0 Å². The van der Waals surface area contributed by atoms with E-state index in [-0.39, 0.29) is 18.0 Å². The van der Waals surface area contributed by atoms with Gasteiger partial charge < -0.3 is 9.80 Å². The lowest BCUT2D eigenvalue weighted by Crippen LogP contribution is -2.37. The largest absolute Gasteiger partial charge is 0.341 e. The van der Waals surface area contributed by atoms with E-state index >= 15 is 0 Å². The van der Waals surface area contributed by atoms with Crippen LogP contribution in [-0.4, -0.2) is 57.6 Å².